The molecule has 1 saturated heterocycles. The van der Waals surface area contributed by atoms with Gasteiger partial charge in [-0.1, -0.05) is 77.6 Å². The molecule has 2 saturated carbocycles. The van der Waals surface area contributed by atoms with E-state index in [1.807, 2.05) is 20.8 Å². The average Bonchev–Trinajstić information content (AvgIpc) is 3.71. The molecule has 53 heavy (non-hydrogen) atoms. The molecule has 3 N–H and O–H groups in total. The number of likely N-dealkylation sites (tertiary alicyclic amines) is 1. The monoisotopic (exact) mass is 760 g/mol. The van der Waals surface area contributed by atoms with E-state index in [1.54, 1.807) is 19.1 Å². The summed E-state index contributed by atoms with van der Waals surface area (Å²) in [5, 5.41) is 12.9. The van der Waals surface area contributed by atoms with Gasteiger partial charge in [0.2, 0.25) is 23.5 Å². The molecule has 0 unspecified atom stereocenters. The molecule has 4 aliphatic rings. The first-order chi connectivity index (χ1) is 25.0. The molecule has 1 spiro atoms. The number of ether oxygens (including phenoxy) is 2. The van der Waals surface area contributed by atoms with Crippen molar-refractivity contribution >= 4 is 46.7 Å². The summed E-state index contributed by atoms with van der Waals surface area (Å²) in [5.74, 6) is -2.43. The van der Waals surface area contributed by atoms with Gasteiger partial charge in [-0.05, 0) is 49.5 Å². The Morgan fingerprint density at radius 3 is 2.34 bits per heavy atom. The van der Waals surface area contributed by atoms with Crippen LogP contribution < -0.4 is 25.4 Å². The van der Waals surface area contributed by atoms with Crippen molar-refractivity contribution in [2.45, 2.75) is 142 Å². The van der Waals surface area contributed by atoms with E-state index in [1.165, 1.54) is 19.1 Å². The molecule has 4 amide bonds. The third-order valence-electron chi connectivity index (χ3n) is 10.4. The molecule has 1 aromatic carbocycles. The third-order valence-corrected chi connectivity index (χ3v) is 10.7. The lowest BCUT2D eigenvalue weighted by molar-refractivity contribution is -0.145. The fraction of sp³-hybridized carbons (Fsp3) is 0.692. The van der Waals surface area contributed by atoms with Crippen molar-refractivity contribution in [1.29, 1.82) is 0 Å². The lowest BCUT2D eigenvalue weighted by Crippen LogP contribution is -2.59. The molecule has 0 radical (unpaired) electrons. The van der Waals surface area contributed by atoms with Crippen molar-refractivity contribution in [3.63, 3.8) is 0 Å². The topological polar surface area (TPSA) is 165 Å². The zero-order chi connectivity index (χ0) is 38.7. The summed E-state index contributed by atoms with van der Waals surface area (Å²) in [6.07, 6.45) is 7.37. The van der Waals surface area contributed by atoms with Crippen molar-refractivity contribution in [3.05, 3.63) is 22.7 Å². The lowest BCUT2D eigenvalue weighted by Gasteiger charge is -2.36. The van der Waals surface area contributed by atoms with Crippen LogP contribution in [0.25, 0.3) is 0 Å². The zero-order valence-corrected chi connectivity index (χ0v) is 32.0. The highest BCUT2D eigenvalue weighted by Gasteiger charge is 2.56. The first-order valence-corrected chi connectivity index (χ1v) is 18.8. The summed E-state index contributed by atoms with van der Waals surface area (Å²) in [6.45, 7) is 7.20. The molecule has 14 heteroatoms. The molecule has 0 bridgehead atoms. The minimum absolute atomic E-state index is 0. The SMILES string of the molecule is C.[2H][C@@](CCC)(NC(=O)[C@@H]1C[C@]2(CC(c3cc(Cl)c(OC)cc3OC)=NO2)CN1C(=O)[C@@H](NC(=O)CC1CCCCC1)C(C)(C)C)C(=O)C(=O)NC1CC1. The highest BCUT2D eigenvalue weighted by Crippen LogP contribution is 2.42. The number of carbonyl (C=O) groups is 5. The van der Waals surface area contributed by atoms with Crippen LogP contribution in [0.3, 0.4) is 0 Å². The predicted octanol–water partition coefficient (Wildman–Crippen LogP) is 5.09. The summed E-state index contributed by atoms with van der Waals surface area (Å²) >= 11 is 6.47. The number of rotatable bonds is 14. The molecule has 294 valence electrons. The first kappa shape index (κ1) is 40.3. The van der Waals surface area contributed by atoms with E-state index >= 15 is 0 Å². The third kappa shape index (κ3) is 10.0. The van der Waals surface area contributed by atoms with Gasteiger partial charge >= 0.3 is 0 Å². The van der Waals surface area contributed by atoms with Crippen LogP contribution in [-0.4, -0.2) is 90.5 Å². The van der Waals surface area contributed by atoms with Gasteiger partial charge in [0.15, 0.2) is 5.60 Å². The molecule has 3 fully saturated rings. The Hall–Kier alpha value is -3.87. The number of Topliss-reactive ketones (excluding diaryl/α,β-unsaturated/α-hetero) is 1. The minimum atomic E-state index is -2.27. The summed E-state index contributed by atoms with van der Waals surface area (Å²) < 4.78 is 20.0. The van der Waals surface area contributed by atoms with Gasteiger partial charge in [-0.15, -0.1) is 0 Å². The minimum Gasteiger partial charge on any atom is -0.496 e. The van der Waals surface area contributed by atoms with Crippen molar-refractivity contribution in [1.82, 2.24) is 20.9 Å². The predicted molar refractivity (Wildman–Crippen MR) is 202 cm³/mol. The van der Waals surface area contributed by atoms with E-state index in [-0.39, 0.29) is 51.1 Å². The van der Waals surface area contributed by atoms with Gasteiger partial charge in [0.1, 0.15) is 23.6 Å². The Kier molecular flexibility index (Phi) is 13.3. The molecule has 5 rings (SSSR count). The standard InChI is InChI=1S/C38H54ClN5O8.CH4/c1-7-11-26(32(46)35(48)40-23-14-15-23)41-34(47)28-20-38(19-27(43-52-38)24-17-25(39)30(51-6)18-29(24)50-5)21-44(28)36(49)33(37(2,3)4)42-31(45)16-22-12-9-8-10-13-22;/h17-18,22-23,26,28,33H,7-16,19-21H2,1-6H3,(H,40,48)(H,41,47)(H,42,45);1H4/t26-,28-,33+,38+;/m0./s1/i26D;. The highest BCUT2D eigenvalue weighted by molar-refractivity contribution is 6.38. The fourth-order valence-corrected chi connectivity index (χ4v) is 7.62. The van der Waals surface area contributed by atoms with Crippen molar-refractivity contribution in [2.24, 2.45) is 16.5 Å². The summed E-state index contributed by atoms with van der Waals surface area (Å²) in [4.78, 5) is 76.2. The first-order valence-electron chi connectivity index (χ1n) is 19.0. The molecule has 0 aromatic heterocycles. The number of amides is 4. The number of ketones is 1. The van der Waals surface area contributed by atoms with Gasteiger partial charge in [0.25, 0.3) is 5.91 Å². The maximum atomic E-state index is 14.7. The van der Waals surface area contributed by atoms with Crippen LogP contribution in [0, 0.1) is 11.3 Å². The van der Waals surface area contributed by atoms with Crippen LogP contribution in [0.1, 0.15) is 119 Å². The molecule has 2 aliphatic carbocycles. The second-order valence-electron chi connectivity index (χ2n) is 15.7. The van der Waals surface area contributed by atoms with Gasteiger partial charge in [0.05, 0.1) is 38.9 Å². The Labute approximate surface area is 320 Å². The number of oxime groups is 1. The Morgan fingerprint density at radius 1 is 1.06 bits per heavy atom. The van der Waals surface area contributed by atoms with Gasteiger partial charge < -0.3 is 35.2 Å². The Morgan fingerprint density at radius 2 is 1.74 bits per heavy atom. The number of benzene rings is 1. The number of halogens is 1. The van der Waals surface area contributed by atoms with Gasteiger partial charge in [-0.3, -0.25) is 24.0 Å². The Bertz CT molecular complexity index is 1620. The molecule has 1 aromatic rings. The smallest absolute Gasteiger partial charge is 0.289 e. The number of carbonyl (C=O) groups excluding carboxylic acids is 5. The summed E-state index contributed by atoms with van der Waals surface area (Å²) in [6, 6.07) is -1.33. The number of hydrogen-bond donors (Lipinski definition) is 3. The summed E-state index contributed by atoms with van der Waals surface area (Å²) in [7, 11) is 2.99. The molecule has 2 aliphatic heterocycles. The van der Waals surface area contributed by atoms with Gasteiger partial charge in [0, 0.05) is 36.9 Å². The maximum absolute atomic E-state index is 14.7. The van der Waals surface area contributed by atoms with Crippen molar-refractivity contribution in [2.75, 3.05) is 20.8 Å². The number of hydrogen-bond acceptors (Lipinski definition) is 9. The van der Waals surface area contributed by atoms with E-state index in [2.05, 4.69) is 21.1 Å². The lowest BCUT2D eigenvalue weighted by atomic mass is 9.84. The molecular weight excluding hydrogens is 702 g/mol. The second kappa shape index (κ2) is 17.5. The van der Waals surface area contributed by atoms with Crippen LogP contribution in [0.4, 0.5) is 0 Å². The zero-order valence-electron chi connectivity index (χ0n) is 32.2. The molecule has 13 nitrogen and oxygen atoms in total. The maximum Gasteiger partial charge on any atom is 0.289 e. The molecule has 4 atom stereocenters. The van der Waals surface area contributed by atoms with Gasteiger partial charge in [-0.25, -0.2) is 0 Å². The van der Waals surface area contributed by atoms with Crippen LogP contribution in [0.5, 0.6) is 11.5 Å². The fourth-order valence-electron chi connectivity index (χ4n) is 7.38. The average molecular weight is 761 g/mol. The van der Waals surface area contributed by atoms with Crippen molar-refractivity contribution < 1.29 is 39.7 Å². The van der Waals surface area contributed by atoms with Gasteiger partial charge in [-0.2, -0.15) is 0 Å². The second-order valence-corrected chi connectivity index (χ2v) is 16.1. The van der Waals surface area contributed by atoms with E-state index in [4.69, 9.17) is 27.3 Å². The number of methoxy groups -OCH3 is 2. The van der Waals surface area contributed by atoms with E-state index < -0.39 is 52.6 Å². The van der Waals surface area contributed by atoms with E-state index in [9.17, 15) is 24.0 Å². The molecular formula is C39H58ClN5O8. The van der Waals surface area contributed by atoms with Crippen LogP contribution in [0.15, 0.2) is 17.3 Å². The van der Waals surface area contributed by atoms with Crippen LogP contribution in [-0.2, 0) is 28.8 Å². The van der Waals surface area contributed by atoms with E-state index in [0.29, 0.717) is 40.6 Å². The van der Waals surface area contributed by atoms with E-state index in [0.717, 1.165) is 44.9 Å². The van der Waals surface area contributed by atoms with Crippen LogP contribution >= 0.6 is 11.6 Å². The number of nitrogens with zero attached hydrogens (tertiary/aromatic N) is 2. The van der Waals surface area contributed by atoms with Crippen molar-refractivity contribution in [3.8, 4) is 11.5 Å². The normalized spacial score (nSPS) is 23.4. The van der Waals surface area contributed by atoms with Crippen LogP contribution in [0.2, 0.25) is 5.02 Å². The largest absolute Gasteiger partial charge is 0.496 e. The molecule has 2 heterocycles. The quantitative estimate of drug-likeness (QED) is 0.221. The summed E-state index contributed by atoms with van der Waals surface area (Å²) in [5.41, 5.74) is -0.911. The Balaban J connectivity index is 0.00000650. The number of nitrogens with one attached hydrogen (secondary N) is 3. The highest BCUT2D eigenvalue weighted by atomic mass is 35.5.